The van der Waals surface area contributed by atoms with E-state index in [0.717, 1.165) is 44.6 Å². The number of para-hydroxylation sites is 2. The monoisotopic (exact) mass is 732 g/mol. The van der Waals surface area contributed by atoms with Gasteiger partial charge < -0.3 is 4.57 Å². The molecule has 0 saturated heterocycles. The van der Waals surface area contributed by atoms with Gasteiger partial charge in [-0.25, -0.2) is 15.0 Å². The summed E-state index contributed by atoms with van der Waals surface area (Å²) in [5, 5.41) is 5.00. The van der Waals surface area contributed by atoms with E-state index in [1.165, 1.54) is 42.0 Å². The second-order valence-electron chi connectivity index (χ2n) is 14.0. The Morgan fingerprint density at radius 3 is 1.62 bits per heavy atom. The molecule has 0 aliphatic carbocycles. The van der Waals surface area contributed by atoms with E-state index >= 15 is 0 Å². The summed E-state index contributed by atoms with van der Waals surface area (Å²) >= 11 is 1.85. The molecule has 11 aromatic rings. The van der Waals surface area contributed by atoms with Gasteiger partial charge in [0.1, 0.15) is 0 Å². The van der Waals surface area contributed by atoms with Crippen molar-refractivity contribution in [2.75, 3.05) is 0 Å². The summed E-state index contributed by atoms with van der Waals surface area (Å²) in [6.45, 7) is 0. The highest BCUT2D eigenvalue weighted by Crippen LogP contribution is 2.46. The lowest BCUT2D eigenvalue weighted by Gasteiger charge is -2.14. The van der Waals surface area contributed by atoms with Crippen molar-refractivity contribution in [2.24, 2.45) is 0 Å². The van der Waals surface area contributed by atoms with Crippen LogP contribution in [0.3, 0.4) is 0 Å². The van der Waals surface area contributed by atoms with Crippen molar-refractivity contribution in [3.63, 3.8) is 0 Å². The molecule has 56 heavy (non-hydrogen) atoms. The molecule has 0 saturated carbocycles. The lowest BCUT2D eigenvalue weighted by molar-refractivity contribution is 1.07. The number of rotatable bonds is 6. The number of hydrogen-bond acceptors (Lipinski definition) is 4. The zero-order valence-corrected chi connectivity index (χ0v) is 31.0. The maximum absolute atomic E-state index is 5.22. The fourth-order valence-corrected chi connectivity index (χ4v) is 9.28. The van der Waals surface area contributed by atoms with E-state index in [0.29, 0.717) is 17.5 Å². The summed E-state index contributed by atoms with van der Waals surface area (Å²) in [5.74, 6) is 1.92. The van der Waals surface area contributed by atoms with Crippen molar-refractivity contribution < 1.29 is 0 Å². The predicted octanol–water partition coefficient (Wildman–Crippen LogP) is 13.7. The minimum Gasteiger partial charge on any atom is -0.309 e. The van der Waals surface area contributed by atoms with Crippen molar-refractivity contribution >= 4 is 53.3 Å². The molecule has 0 radical (unpaired) electrons. The number of thiophene rings is 1. The summed E-state index contributed by atoms with van der Waals surface area (Å²) in [6, 6.07) is 68.5. The van der Waals surface area contributed by atoms with Gasteiger partial charge in [-0.3, -0.25) is 0 Å². The average molecular weight is 733 g/mol. The van der Waals surface area contributed by atoms with Gasteiger partial charge in [-0.05, 0) is 53.1 Å². The fraction of sp³-hybridized carbons (Fsp3) is 0. The van der Waals surface area contributed by atoms with Crippen LogP contribution < -0.4 is 0 Å². The molecule has 0 bridgehead atoms. The van der Waals surface area contributed by atoms with Gasteiger partial charge >= 0.3 is 0 Å². The molecule has 0 N–H and O–H groups in total. The highest BCUT2D eigenvalue weighted by Gasteiger charge is 2.21. The first-order valence-electron chi connectivity index (χ1n) is 18.8. The quantitative estimate of drug-likeness (QED) is 0.171. The molecule has 4 nitrogen and oxygen atoms in total. The van der Waals surface area contributed by atoms with Gasteiger partial charge in [0.25, 0.3) is 0 Å². The van der Waals surface area contributed by atoms with Gasteiger partial charge in [0.15, 0.2) is 17.5 Å². The zero-order valence-electron chi connectivity index (χ0n) is 30.2. The molecule has 0 amide bonds. The van der Waals surface area contributed by atoms with Crippen LogP contribution in [0.5, 0.6) is 0 Å². The van der Waals surface area contributed by atoms with Crippen molar-refractivity contribution in [3.05, 3.63) is 194 Å². The first kappa shape index (κ1) is 32.2. The lowest BCUT2D eigenvalue weighted by Crippen LogP contribution is -2.01. The Labute approximate surface area is 327 Å². The summed E-state index contributed by atoms with van der Waals surface area (Å²) in [4.78, 5) is 15.4. The molecule has 8 aromatic carbocycles. The molecule has 11 rings (SSSR count). The second-order valence-corrected chi connectivity index (χ2v) is 15.1. The number of hydrogen-bond donors (Lipinski definition) is 0. The van der Waals surface area contributed by atoms with Gasteiger partial charge in [-0.2, -0.15) is 0 Å². The molecule has 5 heteroatoms. The summed E-state index contributed by atoms with van der Waals surface area (Å²) in [6.07, 6.45) is 0. The van der Waals surface area contributed by atoms with E-state index in [1.54, 1.807) is 0 Å². The van der Waals surface area contributed by atoms with Crippen LogP contribution in [0.4, 0.5) is 0 Å². The van der Waals surface area contributed by atoms with Crippen LogP contribution in [0, 0.1) is 0 Å². The predicted molar refractivity (Wildman–Crippen MR) is 234 cm³/mol. The molecule has 3 heterocycles. The lowest BCUT2D eigenvalue weighted by atomic mass is 9.93. The Hall–Kier alpha value is -7.21. The van der Waals surface area contributed by atoms with Crippen molar-refractivity contribution in [2.45, 2.75) is 0 Å². The molecule has 0 fully saturated rings. The fourth-order valence-electron chi connectivity index (χ4n) is 8.03. The Balaban J connectivity index is 1.17. The minimum atomic E-state index is 0.637. The number of nitrogens with zero attached hydrogens (tertiary/aromatic N) is 4. The molecule has 0 unspecified atom stereocenters. The van der Waals surface area contributed by atoms with Gasteiger partial charge in [-0.1, -0.05) is 158 Å². The topological polar surface area (TPSA) is 43.6 Å². The zero-order chi connectivity index (χ0) is 37.0. The Kier molecular flexibility index (Phi) is 7.64. The first-order chi connectivity index (χ1) is 27.8. The third-order valence-corrected chi connectivity index (χ3v) is 11.9. The van der Waals surface area contributed by atoms with Crippen LogP contribution in [0.2, 0.25) is 0 Å². The molecular weight excluding hydrogens is 701 g/mol. The van der Waals surface area contributed by atoms with E-state index in [2.05, 4.69) is 162 Å². The highest BCUT2D eigenvalue weighted by atomic mass is 32.1. The first-order valence-corrected chi connectivity index (χ1v) is 19.6. The van der Waals surface area contributed by atoms with Crippen molar-refractivity contribution in [1.82, 2.24) is 19.5 Å². The summed E-state index contributed by atoms with van der Waals surface area (Å²) in [5.41, 5.74) is 10.9. The van der Waals surface area contributed by atoms with E-state index in [-0.39, 0.29) is 0 Å². The number of fused-ring (bicyclic) bond motifs is 6. The van der Waals surface area contributed by atoms with Gasteiger partial charge in [-0.15, -0.1) is 11.3 Å². The van der Waals surface area contributed by atoms with E-state index in [1.807, 2.05) is 47.7 Å². The third kappa shape index (κ3) is 5.40. The van der Waals surface area contributed by atoms with Crippen LogP contribution in [0.15, 0.2) is 194 Å². The van der Waals surface area contributed by atoms with E-state index in [9.17, 15) is 0 Å². The van der Waals surface area contributed by atoms with Crippen LogP contribution in [0.1, 0.15) is 0 Å². The minimum absolute atomic E-state index is 0.637. The van der Waals surface area contributed by atoms with Gasteiger partial charge in [0.05, 0.1) is 11.0 Å². The standard InChI is InChI=1S/C51H32N4S/c1-5-16-33(17-6-1)36-28-29-38(44(30-36)51-53-49(34-18-7-2-8-19-34)52-50(54-51)35-20-9-3-10-21-35)40-25-15-26-41-43-31-42-39-24-13-14-27-45(39)55(37-22-11-4-12-23-37)46(42)32-47(43)56-48(40)41/h1-32H. The van der Waals surface area contributed by atoms with Gasteiger partial charge in [0.2, 0.25) is 0 Å². The van der Waals surface area contributed by atoms with Crippen LogP contribution in [-0.4, -0.2) is 19.5 Å². The average Bonchev–Trinajstić information content (AvgIpc) is 3.81. The Morgan fingerprint density at radius 1 is 0.339 bits per heavy atom. The third-order valence-electron chi connectivity index (χ3n) is 10.7. The Morgan fingerprint density at radius 2 is 0.929 bits per heavy atom. The van der Waals surface area contributed by atoms with Crippen LogP contribution in [-0.2, 0) is 0 Å². The number of benzene rings is 8. The largest absolute Gasteiger partial charge is 0.309 e. The maximum atomic E-state index is 5.22. The maximum Gasteiger partial charge on any atom is 0.164 e. The molecule has 3 aromatic heterocycles. The molecule has 0 aliphatic heterocycles. The molecule has 262 valence electrons. The molecule has 0 aliphatic rings. The van der Waals surface area contributed by atoms with Crippen LogP contribution in [0.25, 0.3) is 104 Å². The number of aromatic nitrogens is 4. The van der Waals surface area contributed by atoms with E-state index < -0.39 is 0 Å². The van der Waals surface area contributed by atoms with Crippen molar-refractivity contribution in [3.8, 4) is 62.1 Å². The SMILES string of the molecule is c1ccc(-c2ccc(-c3cccc4c3sc3cc5c(cc34)c3ccccc3n5-c3ccccc3)c(-c3nc(-c4ccccc4)nc(-c4ccccc4)n3)c2)cc1. The summed E-state index contributed by atoms with van der Waals surface area (Å²) in [7, 11) is 0. The molecular formula is C51H32N4S. The highest BCUT2D eigenvalue weighted by molar-refractivity contribution is 7.26. The second kappa shape index (κ2) is 13.3. The molecule has 0 atom stereocenters. The Bertz CT molecular complexity index is 3170. The smallest absolute Gasteiger partial charge is 0.164 e. The van der Waals surface area contributed by atoms with Crippen LogP contribution >= 0.6 is 11.3 Å². The van der Waals surface area contributed by atoms with Crippen molar-refractivity contribution in [1.29, 1.82) is 0 Å². The normalized spacial score (nSPS) is 11.6. The van der Waals surface area contributed by atoms with Gasteiger partial charge in [0, 0.05) is 58.9 Å². The van der Waals surface area contributed by atoms with E-state index in [4.69, 9.17) is 15.0 Å². The molecule has 0 spiro atoms. The summed E-state index contributed by atoms with van der Waals surface area (Å²) < 4.78 is 4.88.